The number of amides is 1. The van der Waals surface area contributed by atoms with Gasteiger partial charge < -0.3 is 15.8 Å². The van der Waals surface area contributed by atoms with E-state index in [1.807, 2.05) is 33.8 Å². The fourth-order valence-electron chi connectivity index (χ4n) is 1.38. The van der Waals surface area contributed by atoms with Crippen LogP contribution < -0.4 is 11.1 Å². The zero-order valence-corrected chi connectivity index (χ0v) is 11.8. The van der Waals surface area contributed by atoms with Crippen LogP contribution in [0.25, 0.3) is 0 Å². The van der Waals surface area contributed by atoms with Crippen molar-refractivity contribution in [1.29, 1.82) is 0 Å². The Balaban J connectivity index is 2.68. The first-order chi connectivity index (χ1) is 8.19. The van der Waals surface area contributed by atoms with E-state index >= 15 is 0 Å². The summed E-state index contributed by atoms with van der Waals surface area (Å²) in [4.78, 5) is 11.6. The van der Waals surface area contributed by atoms with Crippen molar-refractivity contribution in [2.45, 2.75) is 39.3 Å². The highest BCUT2D eigenvalue weighted by atomic mass is 35.5. The molecule has 0 saturated carbocycles. The lowest BCUT2D eigenvalue weighted by Crippen LogP contribution is -2.34. The third kappa shape index (κ3) is 4.45. The molecule has 18 heavy (non-hydrogen) atoms. The summed E-state index contributed by atoms with van der Waals surface area (Å²) < 4.78 is 5.18. The third-order valence-corrected chi connectivity index (χ3v) is 2.59. The highest BCUT2D eigenvalue weighted by Crippen LogP contribution is 2.23. The van der Waals surface area contributed by atoms with Crippen molar-refractivity contribution >= 4 is 23.4 Å². The minimum absolute atomic E-state index is 0.196. The van der Waals surface area contributed by atoms with Crippen LogP contribution >= 0.6 is 11.6 Å². The standard InChI is InChI=1S/C13H19ClN2O2/c1-8(16-12(17)18-13(2,3)4)9-5-6-11(15)10(14)7-9/h5-8H,15H2,1-4H3,(H,16,17)/t8-/m0/s1. The van der Waals surface area contributed by atoms with E-state index < -0.39 is 11.7 Å². The van der Waals surface area contributed by atoms with E-state index in [9.17, 15) is 4.79 Å². The first-order valence-corrected chi connectivity index (χ1v) is 6.11. The van der Waals surface area contributed by atoms with Crippen LogP contribution in [0, 0.1) is 0 Å². The summed E-state index contributed by atoms with van der Waals surface area (Å²) in [5, 5.41) is 3.22. The molecule has 0 bridgehead atoms. The lowest BCUT2D eigenvalue weighted by molar-refractivity contribution is 0.0508. The number of nitrogens with two attached hydrogens (primary N) is 1. The van der Waals surface area contributed by atoms with Gasteiger partial charge in [0.1, 0.15) is 5.60 Å². The minimum atomic E-state index is -0.511. The number of nitrogen functional groups attached to an aromatic ring is 1. The highest BCUT2D eigenvalue weighted by Gasteiger charge is 2.18. The quantitative estimate of drug-likeness (QED) is 0.809. The van der Waals surface area contributed by atoms with Crippen molar-refractivity contribution in [3.8, 4) is 0 Å². The second kappa shape index (κ2) is 5.48. The van der Waals surface area contributed by atoms with Gasteiger partial charge in [-0.25, -0.2) is 4.79 Å². The lowest BCUT2D eigenvalue weighted by Gasteiger charge is -2.22. The Morgan fingerprint density at radius 2 is 2.06 bits per heavy atom. The lowest BCUT2D eigenvalue weighted by atomic mass is 10.1. The predicted molar refractivity (Wildman–Crippen MR) is 73.6 cm³/mol. The molecule has 0 spiro atoms. The molecule has 0 aliphatic carbocycles. The average molecular weight is 271 g/mol. The van der Waals surface area contributed by atoms with Crippen LogP contribution in [0.2, 0.25) is 5.02 Å². The summed E-state index contributed by atoms with van der Waals surface area (Å²) in [6.45, 7) is 7.30. The van der Waals surface area contributed by atoms with Crippen LogP contribution in [-0.2, 0) is 4.74 Å². The molecule has 1 amide bonds. The monoisotopic (exact) mass is 270 g/mol. The number of hydrogen-bond acceptors (Lipinski definition) is 3. The maximum Gasteiger partial charge on any atom is 0.408 e. The number of hydrogen-bond donors (Lipinski definition) is 2. The predicted octanol–water partition coefficient (Wildman–Crippen LogP) is 3.51. The number of rotatable bonds is 2. The molecule has 1 rings (SSSR count). The van der Waals surface area contributed by atoms with E-state index in [1.165, 1.54) is 0 Å². The van der Waals surface area contributed by atoms with E-state index in [4.69, 9.17) is 22.1 Å². The molecule has 0 radical (unpaired) electrons. The van der Waals surface area contributed by atoms with Gasteiger partial charge in [-0.3, -0.25) is 0 Å². The Morgan fingerprint density at radius 3 is 2.56 bits per heavy atom. The Morgan fingerprint density at radius 1 is 1.44 bits per heavy atom. The largest absolute Gasteiger partial charge is 0.444 e. The van der Waals surface area contributed by atoms with Crippen molar-refractivity contribution in [3.05, 3.63) is 28.8 Å². The number of alkyl carbamates (subject to hydrolysis) is 1. The molecule has 1 aromatic carbocycles. The Kier molecular flexibility index (Phi) is 4.46. The number of benzene rings is 1. The fraction of sp³-hybridized carbons (Fsp3) is 0.462. The van der Waals surface area contributed by atoms with Gasteiger partial charge >= 0.3 is 6.09 Å². The van der Waals surface area contributed by atoms with Crippen LogP contribution in [-0.4, -0.2) is 11.7 Å². The molecule has 0 aliphatic rings. The molecule has 3 N–H and O–H groups in total. The van der Waals surface area contributed by atoms with Crippen LogP contribution in [0.5, 0.6) is 0 Å². The van der Waals surface area contributed by atoms with Crippen LogP contribution in [0.4, 0.5) is 10.5 Å². The summed E-state index contributed by atoms with van der Waals surface area (Å²) in [5.74, 6) is 0. The van der Waals surface area contributed by atoms with E-state index in [-0.39, 0.29) is 6.04 Å². The number of nitrogens with one attached hydrogen (secondary N) is 1. The van der Waals surface area contributed by atoms with Crippen molar-refractivity contribution < 1.29 is 9.53 Å². The first kappa shape index (κ1) is 14.6. The highest BCUT2D eigenvalue weighted by molar-refractivity contribution is 6.33. The smallest absolute Gasteiger partial charge is 0.408 e. The number of carbonyl (C=O) groups is 1. The topological polar surface area (TPSA) is 64.3 Å². The zero-order chi connectivity index (χ0) is 13.9. The van der Waals surface area contributed by atoms with Gasteiger partial charge in [-0.1, -0.05) is 17.7 Å². The molecule has 0 unspecified atom stereocenters. The maximum atomic E-state index is 11.6. The van der Waals surface area contributed by atoms with E-state index in [1.54, 1.807) is 12.1 Å². The minimum Gasteiger partial charge on any atom is -0.444 e. The Labute approximate surface area is 112 Å². The van der Waals surface area contributed by atoms with Crippen LogP contribution in [0.3, 0.4) is 0 Å². The first-order valence-electron chi connectivity index (χ1n) is 5.73. The maximum absolute atomic E-state index is 11.6. The second-order valence-electron chi connectivity index (χ2n) is 5.15. The molecule has 5 heteroatoms. The molecule has 1 atom stereocenters. The molecule has 0 fully saturated rings. The van der Waals surface area contributed by atoms with Crippen molar-refractivity contribution in [1.82, 2.24) is 5.32 Å². The summed E-state index contributed by atoms with van der Waals surface area (Å²) in [6, 6.07) is 5.07. The van der Waals surface area contributed by atoms with E-state index in [2.05, 4.69) is 5.32 Å². The fourth-order valence-corrected chi connectivity index (χ4v) is 1.57. The molecule has 4 nitrogen and oxygen atoms in total. The summed E-state index contributed by atoms with van der Waals surface area (Å²) in [5.41, 5.74) is 6.51. The SMILES string of the molecule is C[C@H](NC(=O)OC(C)(C)C)c1ccc(N)c(Cl)c1. The zero-order valence-electron chi connectivity index (χ0n) is 11.1. The molecular formula is C13H19ClN2O2. The van der Waals surface area contributed by atoms with Crippen LogP contribution in [0.15, 0.2) is 18.2 Å². The van der Waals surface area contributed by atoms with Crippen molar-refractivity contribution in [2.75, 3.05) is 5.73 Å². The molecule has 0 aliphatic heterocycles. The number of halogens is 1. The Bertz CT molecular complexity index is 441. The van der Waals surface area contributed by atoms with E-state index in [0.29, 0.717) is 10.7 Å². The average Bonchev–Trinajstić information content (AvgIpc) is 2.18. The molecule has 0 heterocycles. The summed E-state index contributed by atoms with van der Waals surface area (Å²) in [7, 11) is 0. The molecule has 0 saturated heterocycles. The van der Waals surface area contributed by atoms with Crippen LogP contribution in [0.1, 0.15) is 39.3 Å². The van der Waals surface area contributed by atoms with Gasteiger partial charge in [0.25, 0.3) is 0 Å². The third-order valence-electron chi connectivity index (χ3n) is 2.26. The van der Waals surface area contributed by atoms with Gasteiger partial charge in [0, 0.05) is 0 Å². The van der Waals surface area contributed by atoms with Gasteiger partial charge in [0.2, 0.25) is 0 Å². The van der Waals surface area contributed by atoms with Crippen molar-refractivity contribution in [3.63, 3.8) is 0 Å². The molecule has 1 aromatic rings. The summed E-state index contributed by atoms with van der Waals surface area (Å²) in [6.07, 6.45) is -0.456. The normalized spacial score (nSPS) is 12.9. The Hall–Kier alpha value is -1.42. The number of carbonyl (C=O) groups excluding carboxylic acids is 1. The number of ether oxygens (including phenoxy) is 1. The van der Waals surface area contributed by atoms with Gasteiger partial charge in [-0.15, -0.1) is 0 Å². The van der Waals surface area contributed by atoms with Gasteiger partial charge in [-0.2, -0.15) is 0 Å². The number of anilines is 1. The van der Waals surface area contributed by atoms with Gasteiger partial charge in [0.15, 0.2) is 0 Å². The van der Waals surface area contributed by atoms with E-state index in [0.717, 1.165) is 5.56 Å². The van der Waals surface area contributed by atoms with Gasteiger partial charge in [-0.05, 0) is 45.4 Å². The summed E-state index contributed by atoms with van der Waals surface area (Å²) >= 11 is 5.93. The molecule has 100 valence electrons. The molecule has 0 aromatic heterocycles. The van der Waals surface area contributed by atoms with Gasteiger partial charge in [0.05, 0.1) is 16.8 Å². The molecular weight excluding hydrogens is 252 g/mol. The second-order valence-corrected chi connectivity index (χ2v) is 5.56. The van der Waals surface area contributed by atoms with Crippen molar-refractivity contribution in [2.24, 2.45) is 0 Å².